The molecule has 1 atom stereocenters. The van der Waals surface area contributed by atoms with Crippen LogP contribution in [0.3, 0.4) is 0 Å². The number of alkyl halides is 3. The van der Waals surface area contributed by atoms with E-state index in [1.54, 1.807) is 25.3 Å². The molecule has 5 nitrogen and oxygen atoms in total. The lowest BCUT2D eigenvalue weighted by atomic mass is 10.3. The average molecular weight is 367 g/mol. The molecule has 0 aliphatic rings. The molecule has 0 saturated carbocycles. The second-order valence-electron chi connectivity index (χ2n) is 4.24. The Morgan fingerprint density at radius 1 is 1.61 bits per heavy atom. The first-order chi connectivity index (χ1) is 10.7. The lowest BCUT2D eigenvalue weighted by Gasteiger charge is -2.26. The third-order valence-electron chi connectivity index (χ3n) is 2.54. The minimum atomic E-state index is -4.45. The summed E-state index contributed by atoms with van der Waals surface area (Å²) < 4.78 is 36.7. The maximum Gasteiger partial charge on any atom is 0.398 e. The van der Waals surface area contributed by atoms with Crippen molar-refractivity contribution in [2.45, 2.75) is 19.1 Å². The Bertz CT molecular complexity index is 568. The van der Waals surface area contributed by atoms with Gasteiger partial charge in [0.05, 0.1) is 17.6 Å². The molecular formula is C13H14ClF3N4OS. The van der Waals surface area contributed by atoms with E-state index in [9.17, 15) is 18.0 Å². The van der Waals surface area contributed by atoms with Gasteiger partial charge < -0.3 is 4.90 Å². The molecule has 0 spiro atoms. The number of rotatable bonds is 6. The van der Waals surface area contributed by atoms with E-state index in [-0.39, 0.29) is 18.3 Å². The molecule has 1 amide bonds. The monoisotopic (exact) mass is 366 g/mol. The molecule has 0 aromatic carbocycles. The van der Waals surface area contributed by atoms with E-state index < -0.39 is 28.4 Å². The van der Waals surface area contributed by atoms with Crippen molar-refractivity contribution in [2.75, 3.05) is 12.3 Å². The Hall–Kier alpha value is -1.61. The number of thioether (sulfide) groups is 1. The lowest BCUT2D eigenvalue weighted by molar-refractivity contribution is -0.105. The first-order valence-corrected chi connectivity index (χ1v) is 7.79. The number of amides is 1. The second kappa shape index (κ2) is 8.88. The minimum Gasteiger partial charge on any atom is -0.319 e. The number of carbonyl (C=O) groups excluding carboxylic acids is 1. The van der Waals surface area contributed by atoms with E-state index in [1.807, 2.05) is 0 Å². The van der Waals surface area contributed by atoms with Crippen molar-refractivity contribution < 1.29 is 18.0 Å². The van der Waals surface area contributed by atoms with Crippen molar-refractivity contribution in [3.63, 3.8) is 0 Å². The largest absolute Gasteiger partial charge is 0.398 e. The average Bonchev–Trinajstić information content (AvgIpc) is 2.49. The van der Waals surface area contributed by atoms with Crippen LogP contribution < -0.4 is 0 Å². The minimum absolute atomic E-state index is 0.0858. The van der Waals surface area contributed by atoms with E-state index in [0.29, 0.717) is 5.69 Å². The molecule has 0 fully saturated rings. The normalized spacial score (nSPS) is 13.1. The zero-order chi connectivity index (χ0) is 17.5. The fraction of sp³-hybridized carbons (Fsp3) is 0.385. The van der Waals surface area contributed by atoms with Crippen molar-refractivity contribution in [1.82, 2.24) is 9.88 Å². The predicted molar refractivity (Wildman–Crippen MR) is 86.0 cm³/mol. The summed E-state index contributed by atoms with van der Waals surface area (Å²) in [6.07, 6.45) is -0.201. The quantitative estimate of drug-likeness (QED) is 0.770. The molecule has 0 bridgehead atoms. The van der Waals surface area contributed by atoms with Crippen molar-refractivity contribution in [3.05, 3.63) is 24.5 Å². The number of nitrogens with zero attached hydrogens (tertiary/aromatic N) is 3. The van der Waals surface area contributed by atoms with E-state index >= 15 is 0 Å². The molecule has 23 heavy (non-hydrogen) atoms. The predicted octanol–water partition coefficient (Wildman–Crippen LogP) is 4.11. The standard InChI is InChI=1S/C13H14ClF3N4OS/c1-2-21(12(22)23-8-13(15,16)17)10(11(14)18)7-20-9-4-3-5-19-6-9/h3-7,10,18H,2,8H2,1H3. The van der Waals surface area contributed by atoms with Crippen LogP contribution in [0, 0.1) is 5.41 Å². The molecule has 1 N–H and O–H groups in total. The Balaban J connectivity index is 2.86. The van der Waals surface area contributed by atoms with Gasteiger partial charge in [-0.1, -0.05) is 23.4 Å². The van der Waals surface area contributed by atoms with Crippen molar-refractivity contribution >= 4 is 45.7 Å². The van der Waals surface area contributed by atoms with Gasteiger partial charge in [0.2, 0.25) is 0 Å². The highest BCUT2D eigenvalue weighted by molar-refractivity contribution is 8.13. The van der Waals surface area contributed by atoms with Gasteiger partial charge in [0.15, 0.2) is 0 Å². The van der Waals surface area contributed by atoms with Crippen molar-refractivity contribution in [2.24, 2.45) is 4.99 Å². The van der Waals surface area contributed by atoms with E-state index in [1.165, 1.54) is 12.4 Å². The SMILES string of the molecule is CCN(C(=O)SCC(F)(F)F)C(C=Nc1cccnc1)C(=N)Cl. The highest BCUT2D eigenvalue weighted by Crippen LogP contribution is 2.24. The Morgan fingerprint density at radius 3 is 2.78 bits per heavy atom. The molecule has 126 valence electrons. The van der Waals surface area contributed by atoms with Crippen LogP contribution in [0.25, 0.3) is 0 Å². The van der Waals surface area contributed by atoms with Crippen LogP contribution in [-0.2, 0) is 0 Å². The van der Waals surface area contributed by atoms with E-state index in [0.717, 1.165) is 4.90 Å². The summed E-state index contributed by atoms with van der Waals surface area (Å²) in [6, 6.07) is 2.26. The highest BCUT2D eigenvalue weighted by Gasteiger charge is 2.31. The van der Waals surface area contributed by atoms with Gasteiger partial charge in [-0.2, -0.15) is 13.2 Å². The van der Waals surface area contributed by atoms with E-state index in [4.69, 9.17) is 17.0 Å². The maximum atomic E-state index is 12.2. The first-order valence-electron chi connectivity index (χ1n) is 6.43. The van der Waals surface area contributed by atoms with Gasteiger partial charge in [-0.25, -0.2) is 0 Å². The van der Waals surface area contributed by atoms with Crippen LogP contribution in [0.5, 0.6) is 0 Å². The molecule has 1 aromatic rings. The molecule has 1 aromatic heterocycles. The van der Waals surface area contributed by atoms with Crippen molar-refractivity contribution in [3.8, 4) is 0 Å². The fourth-order valence-corrected chi connectivity index (χ4v) is 2.41. The summed E-state index contributed by atoms with van der Waals surface area (Å²) in [5.41, 5.74) is 0.474. The summed E-state index contributed by atoms with van der Waals surface area (Å²) in [5.74, 6) is -1.30. The molecule has 1 rings (SSSR count). The van der Waals surface area contributed by atoms with E-state index in [2.05, 4.69) is 9.98 Å². The van der Waals surface area contributed by atoms with Gasteiger partial charge in [0.1, 0.15) is 11.2 Å². The fourth-order valence-electron chi connectivity index (χ4n) is 1.54. The molecule has 1 unspecified atom stereocenters. The molecule has 0 saturated heterocycles. The van der Waals surface area contributed by atoms with Crippen LogP contribution in [0.15, 0.2) is 29.5 Å². The van der Waals surface area contributed by atoms with Crippen molar-refractivity contribution in [1.29, 1.82) is 5.41 Å². The summed E-state index contributed by atoms with van der Waals surface area (Å²) in [5, 5.41) is 6.30. The third kappa shape index (κ3) is 7.00. The number of carbonyl (C=O) groups is 1. The zero-order valence-corrected chi connectivity index (χ0v) is 13.6. The summed E-state index contributed by atoms with van der Waals surface area (Å²) in [4.78, 5) is 20.9. The molecular weight excluding hydrogens is 353 g/mol. The molecule has 0 aliphatic heterocycles. The highest BCUT2D eigenvalue weighted by atomic mass is 35.5. The van der Waals surface area contributed by atoms with Gasteiger partial charge in [-0.3, -0.25) is 20.2 Å². The number of halogens is 4. The molecule has 0 radical (unpaired) electrons. The Kier molecular flexibility index (Phi) is 7.50. The zero-order valence-electron chi connectivity index (χ0n) is 12.0. The van der Waals surface area contributed by atoms with Gasteiger partial charge in [-0.05, 0) is 19.1 Å². The number of pyridine rings is 1. The topological polar surface area (TPSA) is 69.4 Å². The van der Waals surface area contributed by atoms with Crippen LogP contribution in [0.2, 0.25) is 0 Å². The van der Waals surface area contributed by atoms with Crippen LogP contribution in [0.1, 0.15) is 6.92 Å². The maximum absolute atomic E-state index is 12.2. The number of hydrogen-bond acceptors (Lipinski definition) is 5. The smallest absolute Gasteiger partial charge is 0.319 e. The Morgan fingerprint density at radius 2 is 2.30 bits per heavy atom. The summed E-state index contributed by atoms with van der Waals surface area (Å²) in [7, 11) is 0. The molecule has 0 aliphatic carbocycles. The van der Waals surface area contributed by atoms with Gasteiger partial charge in [-0.15, -0.1) is 0 Å². The second-order valence-corrected chi connectivity index (χ2v) is 5.57. The first kappa shape index (κ1) is 19.4. The molecule has 1 heterocycles. The third-order valence-corrected chi connectivity index (χ3v) is 3.72. The van der Waals surface area contributed by atoms with Crippen LogP contribution in [-0.4, -0.2) is 51.0 Å². The number of hydrogen-bond donors (Lipinski definition) is 1. The lowest BCUT2D eigenvalue weighted by Crippen LogP contribution is -2.43. The molecule has 10 heteroatoms. The number of nitrogens with one attached hydrogen (secondary N) is 1. The number of aromatic nitrogens is 1. The van der Waals surface area contributed by atoms with Crippen LogP contribution >= 0.6 is 23.4 Å². The number of aliphatic imine (C=N–C) groups is 1. The Labute approximate surface area is 140 Å². The van der Waals surface area contributed by atoms with Gasteiger partial charge in [0.25, 0.3) is 5.24 Å². The van der Waals surface area contributed by atoms with Crippen LogP contribution in [0.4, 0.5) is 23.7 Å². The summed E-state index contributed by atoms with van der Waals surface area (Å²) >= 11 is 5.78. The summed E-state index contributed by atoms with van der Waals surface area (Å²) in [6.45, 7) is 1.67. The van der Waals surface area contributed by atoms with Gasteiger partial charge >= 0.3 is 6.18 Å². The van der Waals surface area contributed by atoms with Gasteiger partial charge in [0, 0.05) is 19.0 Å².